The van der Waals surface area contributed by atoms with E-state index in [0.717, 1.165) is 10.8 Å². The zero-order valence-corrected chi connectivity index (χ0v) is 12.0. The van der Waals surface area contributed by atoms with Crippen LogP contribution in [0.15, 0.2) is 54.6 Å². The highest BCUT2D eigenvalue weighted by molar-refractivity contribution is 6.04. The first-order valence-electron chi connectivity index (χ1n) is 7.05. The van der Waals surface area contributed by atoms with Gasteiger partial charge in [-0.25, -0.2) is 0 Å². The minimum absolute atomic E-state index is 0.327. The van der Waals surface area contributed by atoms with Crippen molar-refractivity contribution in [2.75, 3.05) is 0 Å². The van der Waals surface area contributed by atoms with E-state index >= 15 is 0 Å². The van der Waals surface area contributed by atoms with E-state index in [2.05, 4.69) is 0 Å². The Kier molecular flexibility index (Phi) is 3.72. The maximum Gasteiger partial charge on any atom is 0.320 e. The van der Waals surface area contributed by atoms with E-state index in [1.807, 2.05) is 30.3 Å². The lowest BCUT2D eigenvalue weighted by atomic mass is 9.88. The van der Waals surface area contributed by atoms with E-state index in [-0.39, 0.29) is 0 Å². The van der Waals surface area contributed by atoms with Gasteiger partial charge < -0.3 is 15.3 Å². The highest BCUT2D eigenvalue weighted by atomic mass is 16.4. The van der Waals surface area contributed by atoms with Crippen LogP contribution in [0.1, 0.15) is 11.7 Å². The Labute approximate surface area is 131 Å². The molecule has 5 heteroatoms. The Balaban J connectivity index is 2.36. The van der Waals surface area contributed by atoms with E-state index in [0.29, 0.717) is 16.3 Å². The van der Waals surface area contributed by atoms with Crippen LogP contribution in [-0.2, 0) is 9.59 Å². The van der Waals surface area contributed by atoms with Gasteiger partial charge in [-0.2, -0.15) is 0 Å². The number of aliphatic hydroxyl groups excluding tert-OH is 1. The standard InChI is InChI=1S/C18H14O5/c19-16(15(17(20)21)18(22)23)14-12-7-3-1-5-10(12)9-11-6-2-4-8-13(11)14/h1-9,15-16,19H,(H,20,21)(H,22,23)/t16-/m1/s1. The van der Waals surface area contributed by atoms with Crippen LogP contribution >= 0.6 is 0 Å². The molecule has 0 unspecified atom stereocenters. The monoisotopic (exact) mass is 310 g/mol. The van der Waals surface area contributed by atoms with Crippen molar-refractivity contribution in [3.8, 4) is 0 Å². The van der Waals surface area contributed by atoms with Crippen LogP contribution in [-0.4, -0.2) is 27.3 Å². The summed E-state index contributed by atoms with van der Waals surface area (Å²) in [4.78, 5) is 22.6. The molecule has 0 aromatic heterocycles. The Morgan fingerprint density at radius 3 is 1.65 bits per heavy atom. The minimum atomic E-state index is -1.93. The second-order valence-electron chi connectivity index (χ2n) is 5.33. The van der Waals surface area contributed by atoms with E-state index in [4.69, 9.17) is 0 Å². The van der Waals surface area contributed by atoms with Gasteiger partial charge in [0.2, 0.25) is 0 Å². The van der Waals surface area contributed by atoms with Crippen molar-refractivity contribution in [3.05, 3.63) is 60.2 Å². The summed E-state index contributed by atoms with van der Waals surface area (Å²) in [7, 11) is 0. The lowest BCUT2D eigenvalue weighted by molar-refractivity contribution is -0.160. The highest BCUT2D eigenvalue weighted by Crippen LogP contribution is 2.36. The molecule has 116 valence electrons. The number of hydrogen-bond acceptors (Lipinski definition) is 3. The van der Waals surface area contributed by atoms with E-state index < -0.39 is 24.0 Å². The van der Waals surface area contributed by atoms with Crippen LogP contribution in [0.5, 0.6) is 0 Å². The van der Waals surface area contributed by atoms with Gasteiger partial charge in [0.25, 0.3) is 0 Å². The first kappa shape index (κ1) is 15.0. The summed E-state index contributed by atoms with van der Waals surface area (Å²) in [6.45, 7) is 0. The number of benzene rings is 3. The van der Waals surface area contributed by atoms with Gasteiger partial charge in [-0.05, 0) is 33.2 Å². The fourth-order valence-electron chi connectivity index (χ4n) is 2.91. The maximum atomic E-state index is 11.3. The second kappa shape index (κ2) is 5.70. The summed E-state index contributed by atoms with van der Waals surface area (Å²) < 4.78 is 0. The lowest BCUT2D eigenvalue weighted by Crippen LogP contribution is -2.30. The summed E-state index contributed by atoms with van der Waals surface area (Å²) in [5.74, 6) is -5.06. The molecule has 3 N–H and O–H groups in total. The molecule has 3 aromatic carbocycles. The number of aliphatic carboxylic acids is 2. The fourth-order valence-corrected chi connectivity index (χ4v) is 2.91. The van der Waals surface area contributed by atoms with Gasteiger partial charge in [0, 0.05) is 0 Å². The fraction of sp³-hybridized carbons (Fsp3) is 0.111. The van der Waals surface area contributed by atoms with Crippen LogP contribution in [0.25, 0.3) is 21.5 Å². The molecule has 0 radical (unpaired) electrons. The van der Waals surface area contributed by atoms with Gasteiger partial charge in [0.05, 0.1) is 0 Å². The molecule has 5 nitrogen and oxygen atoms in total. The van der Waals surface area contributed by atoms with Gasteiger partial charge in [0.1, 0.15) is 6.10 Å². The predicted octanol–water partition coefficient (Wildman–Crippen LogP) is 2.81. The zero-order valence-electron chi connectivity index (χ0n) is 12.0. The first-order chi connectivity index (χ1) is 11.0. The zero-order chi connectivity index (χ0) is 16.6. The predicted molar refractivity (Wildman–Crippen MR) is 85.2 cm³/mol. The molecule has 0 fully saturated rings. The normalized spacial score (nSPS) is 12.6. The summed E-state index contributed by atoms with van der Waals surface area (Å²) >= 11 is 0. The molecule has 0 bridgehead atoms. The first-order valence-corrected chi connectivity index (χ1v) is 7.05. The van der Waals surface area contributed by atoms with Gasteiger partial charge in [0.15, 0.2) is 5.92 Å². The number of rotatable bonds is 4. The topological polar surface area (TPSA) is 94.8 Å². The van der Waals surface area contributed by atoms with Gasteiger partial charge in [-0.15, -0.1) is 0 Å². The highest BCUT2D eigenvalue weighted by Gasteiger charge is 2.36. The second-order valence-corrected chi connectivity index (χ2v) is 5.33. The van der Waals surface area contributed by atoms with E-state index in [1.54, 1.807) is 24.3 Å². The Bertz CT molecular complexity index is 848. The average molecular weight is 310 g/mol. The smallest absolute Gasteiger partial charge is 0.320 e. The summed E-state index contributed by atoms with van der Waals surface area (Å²) in [6, 6.07) is 16.3. The third-order valence-electron chi connectivity index (χ3n) is 3.96. The maximum absolute atomic E-state index is 11.3. The molecular formula is C18H14O5. The molecule has 23 heavy (non-hydrogen) atoms. The van der Waals surface area contributed by atoms with Gasteiger partial charge in [-0.3, -0.25) is 9.59 Å². The third-order valence-corrected chi connectivity index (χ3v) is 3.96. The molecule has 3 aromatic rings. The van der Waals surface area contributed by atoms with Crippen molar-refractivity contribution < 1.29 is 24.9 Å². The SMILES string of the molecule is O=C(O)C(C(=O)O)[C@H](O)c1c2ccccc2cc2ccccc12. The lowest BCUT2D eigenvalue weighted by Gasteiger charge is -2.20. The Morgan fingerprint density at radius 1 is 0.783 bits per heavy atom. The molecule has 0 aliphatic rings. The average Bonchev–Trinajstić information content (AvgIpc) is 2.51. The van der Waals surface area contributed by atoms with Crippen LogP contribution in [0, 0.1) is 5.92 Å². The van der Waals surface area contributed by atoms with Crippen molar-refractivity contribution in [3.63, 3.8) is 0 Å². The largest absolute Gasteiger partial charge is 0.481 e. The number of carboxylic acid groups (broad SMARTS) is 2. The number of aliphatic hydroxyl groups is 1. The molecule has 1 atom stereocenters. The third kappa shape index (κ3) is 2.51. The van der Waals surface area contributed by atoms with Gasteiger partial charge in [-0.1, -0.05) is 48.5 Å². The summed E-state index contributed by atoms with van der Waals surface area (Å²) in [5, 5.41) is 31.8. The molecule has 0 amide bonds. The van der Waals surface area contributed by atoms with Crippen LogP contribution in [0.3, 0.4) is 0 Å². The van der Waals surface area contributed by atoms with Crippen LogP contribution in [0.2, 0.25) is 0 Å². The molecule has 0 saturated heterocycles. The van der Waals surface area contributed by atoms with Crippen molar-refractivity contribution >= 4 is 33.5 Å². The van der Waals surface area contributed by atoms with E-state index in [9.17, 15) is 24.9 Å². The van der Waals surface area contributed by atoms with Crippen molar-refractivity contribution in [1.29, 1.82) is 0 Å². The number of fused-ring (bicyclic) bond motifs is 2. The molecule has 0 aliphatic heterocycles. The number of hydrogen-bond donors (Lipinski definition) is 3. The Hall–Kier alpha value is -2.92. The van der Waals surface area contributed by atoms with Crippen molar-refractivity contribution in [1.82, 2.24) is 0 Å². The minimum Gasteiger partial charge on any atom is -0.481 e. The summed E-state index contributed by atoms with van der Waals surface area (Å²) in [5.41, 5.74) is 0.327. The molecule has 3 rings (SSSR count). The molecular weight excluding hydrogens is 296 g/mol. The van der Waals surface area contributed by atoms with Crippen molar-refractivity contribution in [2.24, 2.45) is 5.92 Å². The van der Waals surface area contributed by atoms with E-state index in [1.165, 1.54) is 0 Å². The van der Waals surface area contributed by atoms with Gasteiger partial charge >= 0.3 is 11.9 Å². The molecule has 0 spiro atoms. The molecule has 0 saturated carbocycles. The number of carbonyl (C=O) groups is 2. The Morgan fingerprint density at radius 2 is 1.22 bits per heavy atom. The van der Waals surface area contributed by atoms with Crippen LogP contribution < -0.4 is 0 Å². The number of carboxylic acids is 2. The molecule has 0 heterocycles. The quantitative estimate of drug-likeness (QED) is 0.509. The van der Waals surface area contributed by atoms with Crippen molar-refractivity contribution in [2.45, 2.75) is 6.10 Å². The van der Waals surface area contributed by atoms with Crippen LogP contribution in [0.4, 0.5) is 0 Å². The molecule has 0 aliphatic carbocycles. The summed E-state index contributed by atoms with van der Waals surface area (Å²) in [6.07, 6.45) is -1.65.